The van der Waals surface area contributed by atoms with Crippen molar-refractivity contribution in [2.24, 2.45) is 0 Å². The van der Waals surface area contributed by atoms with E-state index in [2.05, 4.69) is 5.32 Å². The second kappa shape index (κ2) is 5.83. The number of hydrogen-bond acceptors (Lipinski definition) is 3. The average Bonchev–Trinajstić information content (AvgIpc) is 2.90. The fourth-order valence-corrected chi connectivity index (χ4v) is 2.47. The first-order valence-electron chi connectivity index (χ1n) is 6.82. The van der Waals surface area contributed by atoms with Crippen molar-refractivity contribution in [3.05, 3.63) is 64.9 Å². The van der Waals surface area contributed by atoms with Crippen molar-refractivity contribution in [1.82, 2.24) is 0 Å². The van der Waals surface area contributed by atoms with Gasteiger partial charge < -0.3 is 14.8 Å². The van der Waals surface area contributed by atoms with E-state index >= 15 is 0 Å². The van der Waals surface area contributed by atoms with E-state index in [9.17, 15) is 9.90 Å². The van der Waals surface area contributed by atoms with Crippen LogP contribution in [0.1, 0.15) is 29.1 Å². The molecule has 0 radical (unpaired) electrons. The van der Waals surface area contributed by atoms with Crippen LogP contribution in [0.2, 0.25) is 5.02 Å². The topological polar surface area (TPSA) is 62.5 Å². The van der Waals surface area contributed by atoms with E-state index < -0.39 is 6.10 Å². The molecule has 1 amide bonds. The normalized spacial score (nSPS) is 12.3. The number of nitrogens with one attached hydrogen (secondary N) is 1. The summed E-state index contributed by atoms with van der Waals surface area (Å²) in [6.45, 7) is 1.65. The Hall–Kier alpha value is -2.30. The van der Waals surface area contributed by atoms with Gasteiger partial charge in [0.15, 0.2) is 5.76 Å². The van der Waals surface area contributed by atoms with Crippen molar-refractivity contribution in [1.29, 1.82) is 0 Å². The molecule has 5 heteroatoms. The largest absolute Gasteiger partial charge is 0.451 e. The maximum atomic E-state index is 12.3. The van der Waals surface area contributed by atoms with Crippen LogP contribution in [0.3, 0.4) is 0 Å². The summed E-state index contributed by atoms with van der Waals surface area (Å²) in [6.07, 6.45) is -0.675. The molecule has 112 valence electrons. The molecule has 0 saturated heterocycles. The molecule has 0 aliphatic heterocycles. The third-order valence-electron chi connectivity index (χ3n) is 3.36. The zero-order valence-electron chi connectivity index (χ0n) is 11.8. The van der Waals surface area contributed by atoms with E-state index in [1.165, 1.54) is 0 Å². The van der Waals surface area contributed by atoms with Crippen LogP contribution < -0.4 is 5.32 Å². The molecule has 3 aromatic rings. The van der Waals surface area contributed by atoms with Gasteiger partial charge >= 0.3 is 0 Å². The maximum Gasteiger partial charge on any atom is 0.291 e. The van der Waals surface area contributed by atoms with Gasteiger partial charge in [0.25, 0.3) is 5.91 Å². The second-order valence-electron chi connectivity index (χ2n) is 5.01. The zero-order chi connectivity index (χ0) is 15.7. The van der Waals surface area contributed by atoms with Gasteiger partial charge in [-0.2, -0.15) is 0 Å². The summed E-state index contributed by atoms with van der Waals surface area (Å²) in [5.74, 6) is -0.182. The molecule has 0 bridgehead atoms. The van der Waals surface area contributed by atoms with E-state index in [0.29, 0.717) is 21.9 Å². The lowest BCUT2D eigenvalue weighted by Gasteiger charge is -2.11. The van der Waals surface area contributed by atoms with Crippen molar-refractivity contribution in [2.75, 3.05) is 5.32 Å². The average molecular weight is 316 g/mol. The Kier molecular flexibility index (Phi) is 3.88. The number of amides is 1. The van der Waals surface area contributed by atoms with Crippen LogP contribution in [0.4, 0.5) is 5.69 Å². The molecule has 0 saturated carbocycles. The Morgan fingerprint density at radius 3 is 2.77 bits per heavy atom. The van der Waals surface area contributed by atoms with Crippen molar-refractivity contribution in [3.63, 3.8) is 0 Å². The summed E-state index contributed by atoms with van der Waals surface area (Å²) in [5.41, 5.74) is 1.80. The first-order valence-corrected chi connectivity index (χ1v) is 7.20. The highest BCUT2D eigenvalue weighted by Gasteiger charge is 2.15. The molecular formula is C17H14ClNO3. The summed E-state index contributed by atoms with van der Waals surface area (Å²) >= 11 is 5.92. The van der Waals surface area contributed by atoms with E-state index in [-0.39, 0.29) is 11.7 Å². The predicted molar refractivity (Wildman–Crippen MR) is 86.3 cm³/mol. The maximum absolute atomic E-state index is 12.3. The summed E-state index contributed by atoms with van der Waals surface area (Å²) in [4.78, 5) is 12.3. The van der Waals surface area contributed by atoms with Gasteiger partial charge in [-0.1, -0.05) is 29.8 Å². The highest BCUT2D eigenvalue weighted by molar-refractivity contribution is 6.31. The van der Waals surface area contributed by atoms with Crippen LogP contribution >= 0.6 is 11.6 Å². The van der Waals surface area contributed by atoms with Crippen molar-refractivity contribution in [2.45, 2.75) is 13.0 Å². The summed E-state index contributed by atoms with van der Waals surface area (Å²) < 4.78 is 5.52. The number of anilines is 1. The number of furan rings is 1. The van der Waals surface area contributed by atoms with Gasteiger partial charge in [0.1, 0.15) is 5.58 Å². The SMILES string of the molecule is CC(O)c1ccccc1NC(=O)c1cc2cc(Cl)ccc2o1. The van der Waals surface area contributed by atoms with E-state index in [4.69, 9.17) is 16.0 Å². The molecule has 1 unspecified atom stereocenters. The third-order valence-corrected chi connectivity index (χ3v) is 3.60. The number of aliphatic hydroxyl groups excluding tert-OH is 1. The molecule has 22 heavy (non-hydrogen) atoms. The van der Waals surface area contributed by atoms with Crippen LogP contribution in [0.5, 0.6) is 0 Å². The van der Waals surface area contributed by atoms with Gasteiger partial charge in [0, 0.05) is 21.7 Å². The highest BCUT2D eigenvalue weighted by Crippen LogP contribution is 2.26. The minimum Gasteiger partial charge on any atom is -0.451 e. The summed E-state index contributed by atoms with van der Waals surface area (Å²) in [7, 11) is 0. The molecule has 2 aromatic carbocycles. The number of hydrogen-bond donors (Lipinski definition) is 2. The van der Waals surface area contributed by atoms with Gasteiger partial charge in [0.05, 0.1) is 6.10 Å². The van der Waals surface area contributed by atoms with Gasteiger partial charge in [-0.3, -0.25) is 4.79 Å². The molecule has 0 fully saturated rings. The first kappa shape index (κ1) is 14.6. The second-order valence-corrected chi connectivity index (χ2v) is 5.45. The van der Waals surface area contributed by atoms with Crippen LogP contribution in [-0.4, -0.2) is 11.0 Å². The molecular weight excluding hydrogens is 302 g/mol. The van der Waals surface area contributed by atoms with E-state index in [1.54, 1.807) is 55.5 Å². The van der Waals surface area contributed by atoms with Crippen LogP contribution in [-0.2, 0) is 0 Å². The van der Waals surface area contributed by atoms with Gasteiger partial charge in [-0.05, 0) is 37.3 Å². The number of carbonyl (C=O) groups excluding carboxylic acids is 1. The van der Waals surface area contributed by atoms with Crippen molar-refractivity contribution < 1.29 is 14.3 Å². The molecule has 2 N–H and O–H groups in total. The summed E-state index contributed by atoms with van der Waals surface area (Å²) in [5, 5.41) is 13.8. The Bertz CT molecular complexity index is 839. The summed E-state index contributed by atoms with van der Waals surface area (Å²) in [6, 6.07) is 13.9. The minimum absolute atomic E-state index is 0.192. The van der Waals surface area contributed by atoms with Crippen molar-refractivity contribution >= 4 is 34.2 Å². The lowest BCUT2D eigenvalue weighted by Crippen LogP contribution is -2.13. The molecule has 1 aromatic heterocycles. The Balaban J connectivity index is 1.90. The quantitative estimate of drug-likeness (QED) is 0.753. The minimum atomic E-state index is -0.675. The molecule has 0 aliphatic carbocycles. The molecule has 1 heterocycles. The van der Waals surface area contributed by atoms with E-state index in [0.717, 1.165) is 5.39 Å². The number of fused-ring (bicyclic) bond motifs is 1. The first-order chi connectivity index (χ1) is 10.5. The monoisotopic (exact) mass is 315 g/mol. The number of halogens is 1. The van der Waals surface area contributed by atoms with Gasteiger partial charge in [0.2, 0.25) is 0 Å². The smallest absolute Gasteiger partial charge is 0.291 e. The third kappa shape index (κ3) is 2.84. The standard InChI is InChI=1S/C17H14ClNO3/c1-10(20)13-4-2-3-5-14(13)19-17(21)16-9-11-8-12(18)6-7-15(11)22-16/h2-10,20H,1H3,(H,19,21). The van der Waals surface area contributed by atoms with Gasteiger partial charge in [-0.25, -0.2) is 0 Å². The molecule has 4 nitrogen and oxygen atoms in total. The lowest BCUT2D eigenvalue weighted by atomic mass is 10.1. The van der Waals surface area contributed by atoms with Crippen LogP contribution in [0, 0.1) is 0 Å². The van der Waals surface area contributed by atoms with Crippen LogP contribution in [0.25, 0.3) is 11.0 Å². The fraction of sp³-hybridized carbons (Fsp3) is 0.118. The number of aliphatic hydroxyl groups is 1. The highest BCUT2D eigenvalue weighted by atomic mass is 35.5. The Morgan fingerprint density at radius 2 is 2.00 bits per heavy atom. The molecule has 0 aliphatic rings. The predicted octanol–water partition coefficient (Wildman–Crippen LogP) is 4.39. The number of carbonyl (C=O) groups is 1. The van der Waals surface area contributed by atoms with Crippen LogP contribution in [0.15, 0.2) is 52.9 Å². The van der Waals surface area contributed by atoms with Gasteiger partial charge in [-0.15, -0.1) is 0 Å². The number of rotatable bonds is 3. The number of para-hydroxylation sites is 1. The Labute approximate surface area is 132 Å². The number of benzene rings is 2. The molecule has 1 atom stereocenters. The molecule has 0 spiro atoms. The van der Waals surface area contributed by atoms with Crippen molar-refractivity contribution in [3.8, 4) is 0 Å². The fourth-order valence-electron chi connectivity index (χ4n) is 2.29. The molecule has 3 rings (SSSR count). The Morgan fingerprint density at radius 1 is 1.23 bits per heavy atom. The lowest BCUT2D eigenvalue weighted by molar-refractivity contribution is 0.0998. The zero-order valence-corrected chi connectivity index (χ0v) is 12.6. The van der Waals surface area contributed by atoms with E-state index in [1.807, 2.05) is 0 Å².